The number of benzene rings is 1. The van der Waals surface area contributed by atoms with Crippen molar-refractivity contribution in [1.29, 1.82) is 0 Å². The van der Waals surface area contributed by atoms with Crippen LogP contribution in [0.15, 0.2) is 41.9 Å². The van der Waals surface area contributed by atoms with E-state index in [1.54, 1.807) is 11.0 Å². The van der Waals surface area contributed by atoms with E-state index in [4.69, 9.17) is 0 Å². The van der Waals surface area contributed by atoms with Crippen molar-refractivity contribution in [2.75, 3.05) is 54.9 Å². The van der Waals surface area contributed by atoms with E-state index in [-0.39, 0.29) is 5.91 Å². The smallest absolute Gasteiger partial charge is 0.255 e. The summed E-state index contributed by atoms with van der Waals surface area (Å²) in [7, 11) is 1.85. The topological polar surface area (TPSA) is 137 Å². The van der Waals surface area contributed by atoms with Crippen molar-refractivity contribution in [2.45, 2.75) is 33.2 Å². The summed E-state index contributed by atoms with van der Waals surface area (Å²) < 4.78 is 1.67. The molecule has 13 nitrogen and oxygen atoms in total. The van der Waals surface area contributed by atoms with E-state index < -0.39 is 5.54 Å². The Balaban J connectivity index is 1.28. The van der Waals surface area contributed by atoms with Crippen molar-refractivity contribution < 1.29 is 4.79 Å². The lowest BCUT2D eigenvalue weighted by atomic mass is 9.89. The van der Waals surface area contributed by atoms with E-state index in [1.165, 1.54) is 0 Å². The molecule has 2 aliphatic rings. The van der Waals surface area contributed by atoms with Gasteiger partial charge in [0.1, 0.15) is 17.8 Å². The van der Waals surface area contributed by atoms with Gasteiger partial charge in [-0.15, -0.1) is 0 Å². The summed E-state index contributed by atoms with van der Waals surface area (Å²) in [4.78, 5) is 29.2. The zero-order chi connectivity index (χ0) is 27.3. The number of fused-ring (bicyclic) bond motifs is 2. The molecular weight excluding hydrogens is 496 g/mol. The molecule has 202 valence electrons. The van der Waals surface area contributed by atoms with Gasteiger partial charge in [0, 0.05) is 56.1 Å². The first-order valence-electron chi connectivity index (χ1n) is 13.1. The molecule has 0 aliphatic carbocycles. The molecule has 2 N–H and O–H groups in total. The van der Waals surface area contributed by atoms with Crippen molar-refractivity contribution in [3.63, 3.8) is 0 Å². The molecule has 1 amide bonds. The van der Waals surface area contributed by atoms with Gasteiger partial charge in [0.15, 0.2) is 0 Å². The molecule has 3 aromatic heterocycles. The van der Waals surface area contributed by atoms with Crippen molar-refractivity contribution in [1.82, 2.24) is 45.3 Å². The summed E-state index contributed by atoms with van der Waals surface area (Å²) in [6, 6.07) is 7.68. The van der Waals surface area contributed by atoms with Crippen LogP contribution in [-0.2, 0) is 10.3 Å². The summed E-state index contributed by atoms with van der Waals surface area (Å²) in [6.45, 7) is 12.9. The largest absolute Gasteiger partial charge is 0.354 e. The van der Waals surface area contributed by atoms with Crippen LogP contribution in [-0.4, -0.2) is 91.0 Å². The number of rotatable bonds is 5. The number of hydrogen-bond acceptors (Lipinski definition) is 10. The third-order valence-electron chi connectivity index (χ3n) is 7.85. The van der Waals surface area contributed by atoms with Crippen molar-refractivity contribution in [3.05, 3.63) is 41.9 Å². The van der Waals surface area contributed by atoms with Crippen molar-refractivity contribution in [3.8, 4) is 11.4 Å². The number of H-pyrrole nitrogens is 1. The molecule has 39 heavy (non-hydrogen) atoms. The fourth-order valence-corrected chi connectivity index (χ4v) is 5.49. The van der Waals surface area contributed by atoms with E-state index in [0.29, 0.717) is 22.9 Å². The van der Waals surface area contributed by atoms with E-state index >= 15 is 0 Å². The molecule has 2 aliphatic heterocycles. The summed E-state index contributed by atoms with van der Waals surface area (Å²) in [5, 5.41) is 23.6. The zero-order valence-electron chi connectivity index (χ0n) is 22.8. The summed E-state index contributed by atoms with van der Waals surface area (Å²) in [6.07, 6.45) is 1.59. The molecule has 1 aromatic carbocycles. The lowest BCUT2D eigenvalue weighted by Gasteiger charge is -2.37. The van der Waals surface area contributed by atoms with Gasteiger partial charge in [-0.05, 0) is 55.9 Å². The number of aromatic amines is 1. The Bertz CT molecular complexity index is 1580. The van der Waals surface area contributed by atoms with E-state index in [1.807, 2.05) is 57.0 Å². The highest BCUT2D eigenvalue weighted by Gasteiger charge is 2.41. The summed E-state index contributed by atoms with van der Waals surface area (Å²) in [5.74, 6) is 1.27. The second-order valence-corrected chi connectivity index (χ2v) is 10.4. The van der Waals surface area contributed by atoms with Crippen LogP contribution in [0.5, 0.6) is 0 Å². The number of nitrogens with one attached hydrogen (secondary N) is 2. The Morgan fingerprint density at radius 2 is 1.92 bits per heavy atom. The molecule has 0 bridgehead atoms. The Kier molecular flexibility index (Phi) is 6.02. The average molecular weight is 529 g/mol. The molecule has 5 heterocycles. The normalized spacial score (nSPS) is 17.6. The monoisotopic (exact) mass is 528 g/mol. The van der Waals surface area contributed by atoms with Crippen LogP contribution in [0.25, 0.3) is 22.3 Å². The molecule has 13 heteroatoms. The first-order valence-corrected chi connectivity index (χ1v) is 13.1. The third kappa shape index (κ3) is 4.18. The van der Waals surface area contributed by atoms with Crippen LogP contribution >= 0.6 is 0 Å². The van der Waals surface area contributed by atoms with Gasteiger partial charge in [-0.1, -0.05) is 12.0 Å². The number of anilines is 3. The maximum atomic E-state index is 13.6. The number of nitrogens with zero attached hydrogens (tertiary/aromatic N) is 10. The summed E-state index contributed by atoms with van der Waals surface area (Å²) >= 11 is 0. The molecule has 1 fully saturated rings. The minimum Gasteiger partial charge on any atom is -0.354 e. The van der Waals surface area contributed by atoms with Crippen molar-refractivity contribution in [2.24, 2.45) is 0 Å². The number of carbonyl (C=O) groups is 1. The van der Waals surface area contributed by atoms with Crippen molar-refractivity contribution >= 4 is 34.3 Å². The zero-order valence-corrected chi connectivity index (χ0v) is 22.8. The van der Waals surface area contributed by atoms with E-state index in [0.717, 1.165) is 60.8 Å². The minimum atomic E-state index is -0.732. The Hall–Kier alpha value is -4.39. The van der Waals surface area contributed by atoms with Crippen LogP contribution in [0.1, 0.15) is 27.7 Å². The number of tetrazole rings is 1. The molecule has 0 saturated carbocycles. The third-order valence-corrected chi connectivity index (χ3v) is 7.85. The molecular formula is C26H32N12O. The maximum Gasteiger partial charge on any atom is 0.255 e. The highest BCUT2D eigenvalue weighted by Crippen LogP contribution is 2.37. The lowest BCUT2D eigenvalue weighted by Crippen LogP contribution is -2.46. The first-order chi connectivity index (χ1) is 18.8. The number of amides is 1. The van der Waals surface area contributed by atoms with Gasteiger partial charge < -0.3 is 20.0 Å². The van der Waals surface area contributed by atoms with Crippen LogP contribution in [0.4, 0.5) is 17.5 Å². The molecule has 0 radical (unpaired) electrons. The predicted octanol–water partition coefficient (Wildman–Crippen LogP) is 2.25. The number of allylic oxidation sites excluding steroid dienone is 1. The van der Waals surface area contributed by atoms with Gasteiger partial charge in [-0.2, -0.15) is 5.10 Å². The molecule has 1 saturated heterocycles. The highest BCUT2D eigenvalue weighted by molar-refractivity contribution is 6.07. The van der Waals surface area contributed by atoms with Crippen LogP contribution in [0.2, 0.25) is 0 Å². The molecule has 4 aromatic rings. The maximum absolute atomic E-state index is 13.6. The second-order valence-electron chi connectivity index (χ2n) is 10.4. The predicted molar refractivity (Wildman–Crippen MR) is 148 cm³/mol. The van der Waals surface area contributed by atoms with E-state index in [2.05, 4.69) is 57.7 Å². The molecule has 0 unspecified atom stereocenters. The number of carbonyl (C=O) groups excluding carboxylic acids is 1. The van der Waals surface area contributed by atoms with Gasteiger partial charge in [-0.3, -0.25) is 9.89 Å². The van der Waals surface area contributed by atoms with Gasteiger partial charge in [-0.25, -0.2) is 14.6 Å². The number of piperazine rings is 1. The molecule has 0 atom stereocenters. The second kappa shape index (κ2) is 9.42. The Labute approximate surface area is 225 Å². The SMILES string of the molecule is CCN1CCN(c2cc(-c3n[nH]c4ccc(NC(=O)C5=C(C)N(C)c6nnnn6C5(C)C)cc34)ncn2)CC1. The van der Waals surface area contributed by atoms with Gasteiger partial charge in [0.2, 0.25) is 5.95 Å². The number of hydrogen-bond donors (Lipinski definition) is 2. The highest BCUT2D eigenvalue weighted by atomic mass is 16.1. The Morgan fingerprint density at radius 3 is 2.69 bits per heavy atom. The van der Waals surface area contributed by atoms with Gasteiger partial charge >= 0.3 is 0 Å². The van der Waals surface area contributed by atoms with Crippen LogP contribution in [0.3, 0.4) is 0 Å². The summed E-state index contributed by atoms with van der Waals surface area (Å²) in [5.41, 5.74) is 3.59. The quantitative estimate of drug-likeness (QED) is 0.397. The fraction of sp³-hybridized carbons (Fsp3) is 0.423. The number of aromatic nitrogens is 8. The van der Waals surface area contributed by atoms with Gasteiger partial charge in [0.05, 0.1) is 22.3 Å². The minimum absolute atomic E-state index is 0.217. The number of likely N-dealkylation sites (N-methyl/N-ethyl adjacent to an activating group) is 1. The standard InChI is InChI=1S/C26H32N12O/c1-6-36-9-11-37(12-10-36)21-14-20(27-15-28-21)23-18-13-17(7-8-19(18)30-31-23)29-24(39)22-16(2)35(5)25-32-33-34-38(25)26(22,3)4/h7-8,13-15H,6,9-12H2,1-5H3,(H,29,39)(H,30,31). The molecule has 6 rings (SSSR count). The van der Waals surface area contributed by atoms with Crippen LogP contribution in [0, 0.1) is 0 Å². The average Bonchev–Trinajstić information content (AvgIpc) is 3.60. The Morgan fingerprint density at radius 1 is 1.13 bits per heavy atom. The fourth-order valence-electron chi connectivity index (χ4n) is 5.49. The van der Waals surface area contributed by atoms with Crippen LogP contribution < -0.4 is 15.1 Å². The first kappa shape index (κ1) is 24.9. The van der Waals surface area contributed by atoms with Gasteiger partial charge in [0.25, 0.3) is 5.91 Å². The van der Waals surface area contributed by atoms with E-state index in [9.17, 15) is 4.79 Å². The lowest BCUT2D eigenvalue weighted by molar-refractivity contribution is -0.113. The molecule has 0 spiro atoms.